The molecule has 1 saturated heterocycles. The van der Waals surface area contributed by atoms with Crippen LogP contribution in [0.15, 0.2) is 18.2 Å². The molecule has 0 aliphatic carbocycles. The Morgan fingerprint density at radius 2 is 1.95 bits per heavy atom. The van der Waals surface area contributed by atoms with Crippen LogP contribution in [0, 0.1) is 11.7 Å². The highest BCUT2D eigenvalue weighted by molar-refractivity contribution is 7.89. The summed E-state index contributed by atoms with van der Waals surface area (Å²) in [5.74, 6) is -2.98. The van der Waals surface area contributed by atoms with Crippen LogP contribution in [0.1, 0.15) is 12.0 Å². The Hall–Kier alpha value is -1.68. The van der Waals surface area contributed by atoms with Gasteiger partial charge in [0.05, 0.1) is 11.3 Å². The molecule has 1 aliphatic heterocycles. The predicted molar refractivity (Wildman–Crippen MR) is 69.8 cm³/mol. The number of sulfonamides is 1. The van der Waals surface area contributed by atoms with Crippen molar-refractivity contribution in [2.24, 2.45) is 11.1 Å². The molecule has 22 heavy (non-hydrogen) atoms. The molecule has 1 aromatic rings. The van der Waals surface area contributed by atoms with Gasteiger partial charge in [-0.2, -0.15) is 13.2 Å². The number of hydrogen-bond acceptors (Lipinski definition) is 3. The molecule has 1 amide bonds. The summed E-state index contributed by atoms with van der Waals surface area (Å²) in [6.07, 6.45) is -4.94. The van der Waals surface area contributed by atoms with Gasteiger partial charge in [0.15, 0.2) is 0 Å². The number of nitrogens with two attached hydrogens (primary N) is 1. The molecule has 0 radical (unpaired) electrons. The maximum Gasteiger partial charge on any atom is 0.419 e. The second-order valence-electron chi connectivity index (χ2n) is 5.07. The van der Waals surface area contributed by atoms with Crippen LogP contribution in [0.3, 0.4) is 0 Å². The van der Waals surface area contributed by atoms with Crippen LogP contribution in [0.2, 0.25) is 0 Å². The average Bonchev–Trinajstić information content (AvgIpc) is 2.65. The first-order valence-electron chi connectivity index (χ1n) is 6.15. The van der Waals surface area contributed by atoms with Crippen molar-refractivity contribution in [3.63, 3.8) is 0 Å². The molecule has 0 spiro atoms. The lowest BCUT2D eigenvalue weighted by Gasteiger charge is -2.18. The fourth-order valence-corrected chi connectivity index (χ4v) is 3.25. The third-order valence-electron chi connectivity index (χ3n) is 3.24. The number of halogens is 4. The quantitative estimate of drug-likeness (QED) is 0.847. The Morgan fingerprint density at radius 1 is 1.32 bits per heavy atom. The van der Waals surface area contributed by atoms with E-state index >= 15 is 0 Å². The minimum absolute atomic E-state index is 0.0416. The Morgan fingerprint density at radius 3 is 2.45 bits per heavy atom. The van der Waals surface area contributed by atoms with E-state index in [0.29, 0.717) is 12.1 Å². The minimum Gasteiger partial charge on any atom is -0.312 e. The van der Waals surface area contributed by atoms with Gasteiger partial charge in [-0.15, -0.1) is 0 Å². The van der Waals surface area contributed by atoms with E-state index in [2.05, 4.69) is 0 Å². The molecule has 10 heteroatoms. The Labute approximate surface area is 123 Å². The van der Waals surface area contributed by atoms with Crippen molar-refractivity contribution in [2.45, 2.75) is 12.6 Å². The smallest absolute Gasteiger partial charge is 0.312 e. The van der Waals surface area contributed by atoms with Crippen molar-refractivity contribution in [3.05, 3.63) is 29.6 Å². The summed E-state index contributed by atoms with van der Waals surface area (Å²) >= 11 is 0. The molecule has 1 unspecified atom stereocenters. The second-order valence-corrected chi connectivity index (χ2v) is 6.72. The molecule has 1 heterocycles. The van der Waals surface area contributed by atoms with Crippen LogP contribution in [0.5, 0.6) is 0 Å². The maximum absolute atomic E-state index is 13.5. The highest BCUT2D eigenvalue weighted by Gasteiger charge is 2.36. The van der Waals surface area contributed by atoms with Gasteiger partial charge in [-0.1, -0.05) is 0 Å². The first kappa shape index (κ1) is 16.7. The molecular weight excluding hydrogens is 328 g/mol. The standard InChI is InChI=1S/C12H12F4N2O3S/c13-10-4-8(1-2-9(10)12(14,15)16)18-5-7(3-11(18)19)6-22(17,20)21/h1-2,4,7H,3,5-6H2,(H2,17,20,21). The summed E-state index contributed by atoms with van der Waals surface area (Å²) in [4.78, 5) is 12.9. The number of carbonyl (C=O) groups excluding carboxylic acids is 1. The monoisotopic (exact) mass is 340 g/mol. The van der Waals surface area contributed by atoms with Crippen molar-refractivity contribution in [2.75, 3.05) is 17.2 Å². The van der Waals surface area contributed by atoms with Crippen LogP contribution >= 0.6 is 0 Å². The molecule has 122 valence electrons. The fraction of sp³-hybridized carbons (Fsp3) is 0.417. The lowest BCUT2D eigenvalue weighted by Crippen LogP contribution is -2.27. The van der Waals surface area contributed by atoms with E-state index < -0.39 is 45.2 Å². The second kappa shape index (κ2) is 5.51. The fourth-order valence-electron chi connectivity index (χ4n) is 2.37. The summed E-state index contributed by atoms with van der Waals surface area (Å²) in [7, 11) is -3.77. The van der Waals surface area contributed by atoms with E-state index in [1.165, 1.54) is 0 Å². The number of amides is 1. The minimum atomic E-state index is -4.83. The molecule has 0 bridgehead atoms. The average molecular weight is 340 g/mol. The number of anilines is 1. The van der Waals surface area contributed by atoms with Crippen LogP contribution in [0.4, 0.5) is 23.2 Å². The van der Waals surface area contributed by atoms with E-state index in [0.717, 1.165) is 11.0 Å². The van der Waals surface area contributed by atoms with Crippen LogP contribution in [-0.2, 0) is 21.0 Å². The normalized spacial score (nSPS) is 19.8. The number of nitrogens with zero attached hydrogens (tertiary/aromatic N) is 1. The summed E-state index contributed by atoms with van der Waals surface area (Å²) in [5.41, 5.74) is -1.48. The number of benzene rings is 1. The lowest BCUT2D eigenvalue weighted by atomic mass is 10.1. The summed E-state index contributed by atoms with van der Waals surface area (Å²) < 4.78 is 73.0. The highest BCUT2D eigenvalue weighted by atomic mass is 32.2. The van der Waals surface area contributed by atoms with E-state index in [9.17, 15) is 30.8 Å². The summed E-state index contributed by atoms with van der Waals surface area (Å²) in [6, 6.07) is 2.13. The summed E-state index contributed by atoms with van der Waals surface area (Å²) in [6.45, 7) is -0.0416. The van der Waals surface area contributed by atoms with Gasteiger partial charge in [-0.25, -0.2) is 17.9 Å². The molecule has 2 N–H and O–H groups in total. The van der Waals surface area contributed by atoms with E-state index in [1.807, 2.05) is 0 Å². The van der Waals surface area contributed by atoms with Crippen LogP contribution in [-0.4, -0.2) is 26.6 Å². The van der Waals surface area contributed by atoms with E-state index in [-0.39, 0.29) is 18.7 Å². The number of hydrogen-bond donors (Lipinski definition) is 1. The van der Waals surface area contributed by atoms with Crippen LogP contribution in [0.25, 0.3) is 0 Å². The molecule has 0 aromatic heterocycles. The first-order chi connectivity index (χ1) is 9.97. The number of primary sulfonamides is 1. The molecule has 0 saturated carbocycles. The Bertz CT molecular complexity index is 703. The van der Waals surface area contributed by atoms with Gasteiger partial charge in [0, 0.05) is 24.6 Å². The van der Waals surface area contributed by atoms with E-state index in [1.54, 1.807) is 0 Å². The van der Waals surface area contributed by atoms with Crippen molar-refractivity contribution in [1.29, 1.82) is 0 Å². The molecule has 1 aromatic carbocycles. The Balaban J connectivity index is 2.22. The van der Waals surface area contributed by atoms with Gasteiger partial charge < -0.3 is 4.90 Å². The molecule has 2 rings (SSSR count). The zero-order chi connectivity index (χ0) is 16.7. The summed E-state index contributed by atoms with van der Waals surface area (Å²) in [5, 5.41) is 4.89. The third-order valence-corrected chi connectivity index (χ3v) is 4.18. The zero-order valence-corrected chi connectivity index (χ0v) is 11.9. The van der Waals surface area contributed by atoms with Crippen molar-refractivity contribution < 1.29 is 30.8 Å². The SMILES string of the molecule is NS(=O)(=O)CC1CC(=O)N(c2ccc(C(F)(F)F)c(F)c2)C1. The molecule has 1 fully saturated rings. The van der Waals surface area contributed by atoms with Crippen molar-refractivity contribution >= 4 is 21.6 Å². The topological polar surface area (TPSA) is 80.5 Å². The highest BCUT2D eigenvalue weighted by Crippen LogP contribution is 2.34. The van der Waals surface area contributed by atoms with Gasteiger partial charge >= 0.3 is 6.18 Å². The predicted octanol–water partition coefficient (Wildman–Crippen LogP) is 1.49. The van der Waals surface area contributed by atoms with Gasteiger partial charge in [-0.3, -0.25) is 4.79 Å². The Kier molecular flexibility index (Phi) is 4.18. The largest absolute Gasteiger partial charge is 0.419 e. The maximum atomic E-state index is 13.5. The van der Waals surface area contributed by atoms with Crippen molar-refractivity contribution in [3.8, 4) is 0 Å². The molecule has 1 atom stereocenters. The van der Waals surface area contributed by atoms with Gasteiger partial charge in [0.2, 0.25) is 15.9 Å². The van der Waals surface area contributed by atoms with E-state index in [4.69, 9.17) is 5.14 Å². The van der Waals surface area contributed by atoms with Gasteiger partial charge in [0.1, 0.15) is 5.82 Å². The molecule has 5 nitrogen and oxygen atoms in total. The number of rotatable bonds is 3. The number of carbonyl (C=O) groups is 1. The van der Waals surface area contributed by atoms with Crippen molar-refractivity contribution in [1.82, 2.24) is 0 Å². The van der Waals surface area contributed by atoms with Crippen LogP contribution < -0.4 is 10.0 Å². The number of alkyl halides is 3. The van der Waals surface area contributed by atoms with Gasteiger partial charge in [-0.05, 0) is 18.2 Å². The molecule has 1 aliphatic rings. The zero-order valence-electron chi connectivity index (χ0n) is 11.1. The molecular formula is C12H12F4N2O3S. The third kappa shape index (κ3) is 3.74. The lowest BCUT2D eigenvalue weighted by molar-refractivity contribution is -0.140. The van der Waals surface area contributed by atoms with Gasteiger partial charge in [0.25, 0.3) is 0 Å². The first-order valence-corrected chi connectivity index (χ1v) is 7.86.